The van der Waals surface area contributed by atoms with Gasteiger partial charge in [-0.15, -0.1) is 0 Å². The number of para-hydroxylation sites is 1. The molecule has 4 nitrogen and oxygen atoms in total. The number of benzene rings is 3. The summed E-state index contributed by atoms with van der Waals surface area (Å²) in [4.78, 5) is 13.8. The summed E-state index contributed by atoms with van der Waals surface area (Å²) in [7, 11) is 1.69. The Kier molecular flexibility index (Phi) is 5.24. The van der Waals surface area contributed by atoms with Gasteiger partial charge < -0.3 is 14.7 Å². The number of aromatic hydroxyl groups is 1. The molecule has 1 N–H and O–H groups in total. The Morgan fingerprint density at radius 3 is 2.60 bits per heavy atom. The molecule has 0 atom stereocenters. The van der Waals surface area contributed by atoms with Crippen molar-refractivity contribution in [2.75, 3.05) is 13.7 Å². The van der Waals surface area contributed by atoms with Crippen LogP contribution >= 0.6 is 15.9 Å². The van der Waals surface area contributed by atoms with E-state index in [1.165, 1.54) is 4.90 Å². The smallest absolute Gasteiger partial charge is 0.260 e. The van der Waals surface area contributed by atoms with E-state index in [2.05, 4.69) is 15.9 Å². The van der Waals surface area contributed by atoms with E-state index in [0.717, 1.165) is 15.2 Å². The number of amides is 1. The molecule has 0 radical (unpaired) electrons. The topological polar surface area (TPSA) is 49.8 Å². The van der Waals surface area contributed by atoms with E-state index >= 15 is 0 Å². The van der Waals surface area contributed by atoms with Crippen LogP contribution in [0, 0.1) is 0 Å². The number of rotatable bonds is 5. The summed E-state index contributed by atoms with van der Waals surface area (Å²) in [6.45, 7) is 0.259. The molecule has 25 heavy (non-hydrogen) atoms. The second-order valence-corrected chi connectivity index (χ2v) is 6.56. The Morgan fingerprint density at radius 2 is 1.80 bits per heavy atom. The van der Waals surface area contributed by atoms with Crippen LogP contribution in [0.25, 0.3) is 10.8 Å². The van der Waals surface area contributed by atoms with Gasteiger partial charge in [-0.05, 0) is 38.8 Å². The SMILES string of the molecule is CN(Cc1ccccc1O)C(=O)COc1ccc2ccccc2c1Br. The number of likely N-dealkylation sites (N-methyl/N-ethyl adjacent to an activating group) is 1. The predicted octanol–water partition coefficient (Wildman–Crippen LogP) is 4.35. The van der Waals surface area contributed by atoms with Crippen molar-refractivity contribution in [1.29, 1.82) is 0 Å². The summed E-state index contributed by atoms with van der Waals surface area (Å²) in [5.41, 5.74) is 0.699. The Bertz CT molecular complexity index is 910. The average molecular weight is 400 g/mol. The molecule has 0 aromatic heterocycles. The number of phenolic OH excluding ortho intramolecular Hbond substituents is 1. The zero-order chi connectivity index (χ0) is 17.8. The standard InChI is InChI=1S/C20H18BrNO3/c1-22(12-15-7-3-5-9-17(15)23)19(24)13-25-18-11-10-14-6-2-4-8-16(14)20(18)21/h2-11,23H,12-13H2,1H3. The monoisotopic (exact) mass is 399 g/mol. The van der Waals surface area contributed by atoms with Gasteiger partial charge in [0.2, 0.25) is 0 Å². The lowest BCUT2D eigenvalue weighted by Crippen LogP contribution is -2.31. The molecule has 0 unspecified atom stereocenters. The molecule has 3 aromatic carbocycles. The first kappa shape index (κ1) is 17.3. The third kappa shape index (κ3) is 3.94. The minimum Gasteiger partial charge on any atom is -0.508 e. The van der Waals surface area contributed by atoms with Crippen LogP contribution in [0.15, 0.2) is 65.1 Å². The van der Waals surface area contributed by atoms with Crippen LogP contribution in [0.5, 0.6) is 11.5 Å². The van der Waals surface area contributed by atoms with Gasteiger partial charge in [0.05, 0.1) is 4.47 Å². The summed E-state index contributed by atoms with van der Waals surface area (Å²) < 4.78 is 6.53. The fraction of sp³-hybridized carbons (Fsp3) is 0.150. The lowest BCUT2D eigenvalue weighted by atomic mass is 10.1. The van der Waals surface area contributed by atoms with E-state index in [9.17, 15) is 9.90 Å². The van der Waals surface area contributed by atoms with Crippen LogP contribution in [0.1, 0.15) is 5.56 Å². The molecule has 0 spiro atoms. The van der Waals surface area contributed by atoms with E-state index in [0.29, 0.717) is 17.9 Å². The van der Waals surface area contributed by atoms with Crippen molar-refractivity contribution in [3.63, 3.8) is 0 Å². The molecule has 128 valence electrons. The minimum absolute atomic E-state index is 0.0684. The van der Waals surface area contributed by atoms with Crippen LogP contribution in [0.3, 0.4) is 0 Å². The number of nitrogens with zero attached hydrogens (tertiary/aromatic N) is 1. The van der Waals surface area contributed by atoms with Crippen molar-refractivity contribution >= 4 is 32.6 Å². The Morgan fingerprint density at radius 1 is 1.08 bits per heavy atom. The highest BCUT2D eigenvalue weighted by molar-refractivity contribution is 9.10. The first-order chi connectivity index (χ1) is 12.1. The van der Waals surface area contributed by atoms with Gasteiger partial charge in [-0.1, -0.05) is 48.5 Å². The summed E-state index contributed by atoms with van der Waals surface area (Å²) in [5.74, 6) is 0.645. The first-order valence-electron chi connectivity index (χ1n) is 7.87. The number of ether oxygens (including phenoxy) is 1. The molecule has 5 heteroatoms. The normalized spacial score (nSPS) is 10.6. The molecular formula is C20H18BrNO3. The number of hydrogen-bond acceptors (Lipinski definition) is 3. The van der Waals surface area contributed by atoms with Crippen molar-refractivity contribution < 1.29 is 14.6 Å². The lowest BCUT2D eigenvalue weighted by molar-refractivity contribution is -0.132. The molecule has 0 aliphatic heterocycles. The second-order valence-electron chi connectivity index (χ2n) is 5.77. The summed E-state index contributed by atoms with van der Waals surface area (Å²) in [6.07, 6.45) is 0. The molecule has 0 saturated carbocycles. The van der Waals surface area contributed by atoms with Crippen molar-refractivity contribution in [1.82, 2.24) is 4.90 Å². The summed E-state index contributed by atoms with van der Waals surface area (Å²) in [6, 6.07) is 18.8. The van der Waals surface area contributed by atoms with E-state index in [-0.39, 0.29) is 18.3 Å². The number of hydrogen-bond donors (Lipinski definition) is 1. The van der Waals surface area contributed by atoms with Gasteiger partial charge in [-0.2, -0.15) is 0 Å². The summed E-state index contributed by atoms with van der Waals surface area (Å²) in [5, 5.41) is 11.9. The number of fused-ring (bicyclic) bond motifs is 1. The van der Waals surface area contributed by atoms with Crippen molar-refractivity contribution in [3.05, 3.63) is 70.7 Å². The highest BCUT2D eigenvalue weighted by Gasteiger charge is 2.13. The number of carbonyl (C=O) groups is 1. The molecular weight excluding hydrogens is 382 g/mol. The highest BCUT2D eigenvalue weighted by atomic mass is 79.9. The van der Waals surface area contributed by atoms with E-state index in [4.69, 9.17) is 4.74 Å². The predicted molar refractivity (Wildman–Crippen MR) is 102 cm³/mol. The van der Waals surface area contributed by atoms with Gasteiger partial charge in [0.1, 0.15) is 11.5 Å². The average Bonchev–Trinajstić information content (AvgIpc) is 2.63. The van der Waals surface area contributed by atoms with Crippen LogP contribution in [0.2, 0.25) is 0 Å². The van der Waals surface area contributed by atoms with Crippen LogP contribution in [-0.2, 0) is 11.3 Å². The molecule has 0 fully saturated rings. The molecule has 0 bridgehead atoms. The van der Waals surface area contributed by atoms with E-state index < -0.39 is 0 Å². The summed E-state index contributed by atoms with van der Waals surface area (Å²) >= 11 is 3.55. The quantitative estimate of drug-likeness (QED) is 0.693. The number of halogens is 1. The molecule has 0 saturated heterocycles. The van der Waals surface area contributed by atoms with Crippen LogP contribution in [0.4, 0.5) is 0 Å². The first-order valence-corrected chi connectivity index (χ1v) is 8.66. The zero-order valence-electron chi connectivity index (χ0n) is 13.8. The van der Waals surface area contributed by atoms with Gasteiger partial charge in [-0.3, -0.25) is 4.79 Å². The van der Waals surface area contributed by atoms with Crippen LogP contribution in [-0.4, -0.2) is 29.6 Å². The van der Waals surface area contributed by atoms with Gasteiger partial charge >= 0.3 is 0 Å². The maximum absolute atomic E-state index is 12.3. The van der Waals surface area contributed by atoms with Crippen molar-refractivity contribution in [3.8, 4) is 11.5 Å². The molecule has 0 aliphatic rings. The number of phenols is 1. The van der Waals surface area contributed by atoms with E-state index in [1.54, 1.807) is 25.2 Å². The van der Waals surface area contributed by atoms with Gasteiger partial charge in [0.15, 0.2) is 6.61 Å². The largest absolute Gasteiger partial charge is 0.508 e. The second kappa shape index (κ2) is 7.57. The fourth-order valence-electron chi connectivity index (χ4n) is 2.56. The fourth-order valence-corrected chi connectivity index (χ4v) is 3.17. The maximum Gasteiger partial charge on any atom is 0.260 e. The van der Waals surface area contributed by atoms with Crippen molar-refractivity contribution in [2.45, 2.75) is 6.54 Å². The molecule has 0 aliphatic carbocycles. The Hall–Kier alpha value is -2.53. The molecule has 0 heterocycles. The molecule has 3 aromatic rings. The van der Waals surface area contributed by atoms with Gasteiger partial charge in [-0.25, -0.2) is 0 Å². The van der Waals surface area contributed by atoms with E-state index in [1.807, 2.05) is 42.5 Å². The minimum atomic E-state index is -0.164. The Balaban J connectivity index is 1.66. The van der Waals surface area contributed by atoms with Crippen LogP contribution < -0.4 is 4.74 Å². The Labute approximate surface area is 154 Å². The third-order valence-electron chi connectivity index (χ3n) is 4.00. The highest BCUT2D eigenvalue weighted by Crippen LogP contribution is 2.33. The van der Waals surface area contributed by atoms with Gasteiger partial charge in [0.25, 0.3) is 5.91 Å². The number of carbonyl (C=O) groups excluding carboxylic acids is 1. The zero-order valence-corrected chi connectivity index (χ0v) is 15.4. The maximum atomic E-state index is 12.3. The van der Waals surface area contributed by atoms with Gasteiger partial charge in [0, 0.05) is 19.2 Å². The molecule has 3 rings (SSSR count). The molecule has 1 amide bonds. The van der Waals surface area contributed by atoms with Crippen molar-refractivity contribution in [2.24, 2.45) is 0 Å². The third-order valence-corrected chi connectivity index (χ3v) is 4.82. The lowest BCUT2D eigenvalue weighted by Gasteiger charge is -2.18.